The van der Waals surface area contributed by atoms with E-state index in [1.165, 1.54) is 30.9 Å². The molecule has 2 atom stereocenters. The van der Waals surface area contributed by atoms with E-state index < -0.39 is 72.1 Å². The van der Waals surface area contributed by atoms with Gasteiger partial charge in [0.25, 0.3) is 12.3 Å². The maximum atomic E-state index is 15.5. The first-order valence-corrected chi connectivity index (χ1v) is 19.6. The highest BCUT2D eigenvalue weighted by Gasteiger charge is 2.65. The normalized spacial score (nSPS) is 18.5. The minimum absolute atomic E-state index is 0.0596. The van der Waals surface area contributed by atoms with E-state index in [9.17, 15) is 31.5 Å². The maximum absolute atomic E-state index is 15.5. The van der Waals surface area contributed by atoms with Crippen molar-refractivity contribution in [1.82, 2.24) is 45.1 Å². The van der Waals surface area contributed by atoms with Gasteiger partial charge in [-0.3, -0.25) is 19.1 Å². The molecule has 1 saturated carbocycles. The third-order valence-corrected chi connectivity index (χ3v) is 10.6. The van der Waals surface area contributed by atoms with Crippen LogP contribution in [0.3, 0.4) is 0 Å². The molecule has 2 aliphatic rings. The summed E-state index contributed by atoms with van der Waals surface area (Å²) < 4.78 is 83.2. The van der Waals surface area contributed by atoms with E-state index in [0.29, 0.717) is 16.8 Å². The molecule has 0 radical (unpaired) electrons. The Kier molecular flexibility index (Phi) is 12.1. The highest BCUT2D eigenvalue weighted by molar-refractivity contribution is 6.32. The summed E-state index contributed by atoms with van der Waals surface area (Å²) in [5, 5.41) is 16.7. The summed E-state index contributed by atoms with van der Waals surface area (Å²) in [6, 6.07) is 18.4. The van der Waals surface area contributed by atoms with Gasteiger partial charge in [0, 0.05) is 5.69 Å². The monoisotopic (exact) mass is 882 g/mol. The van der Waals surface area contributed by atoms with Gasteiger partial charge in [-0.25, -0.2) is 28.2 Å². The zero-order chi connectivity index (χ0) is 44.5. The number of amides is 2. The van der Waals surface area contributed by atoms with E-state index in [-0.39, 0.29) is 48.1 Å². The van der Waals surface area contributed by atoms with Crippen molar-refractivity contribution < 1.29 is 45.8 Å². The Bertz CT molecular complexity index is 2440. The number of nitrogens with one attached hydrogen (secondary N) is 2. The van der Waals surface area contributed by atoms with Crippen LogP contribution in [0.2, 0.25) is 5.02 Å². The molecule has 0 spiro atoms. The van der Waals surface area contributed by atoms with Gasteiger partial charge in [-0.05, 0) is 65.6 Å². The van der Waals surface area contributed by atoms with Crippen LogP contribution in [0.4, 0.5) is 26.7 Å². The summed E-state index contributed by atoms with van der Waals surface area (Å²) >= 11 is 6.53. The molecule has 1 saturated heterocycles. The number of rotatable bonds is 14. The summed E-state index contributed by atoms with van der Waals surface area (Å²) in [5.41, 5.74) is -2.87. The van der Waals surface area contributed by atoms with Crippen molar-refractivity contribution in [3.8, 4) is 11.4 Å². The molecule has 5 aromatic rings. The van der Waals surface area contributed by atoms with Gasteiger partial charge in [0.1, 0.15) is 49.8 Å². The predicted molar refractivity (Wildman–Crippen MR) is 212 cm³/mol. The summed E-state index contributed by atoms with van der Waals surface area (Å²) in [6.07, 6.45) is -6.01. The van der Waals surface area contributed by atoms with Gasteiger partial charge >= 0.3 is 18.2 Å². The number of carbonyl (C=O) groups excluding carboxylic acids is 3. The molecule has 3 heterocycles. The molecule has 62 heavy (non-hydrogen) atoms. The minimum Gasteiger partial charge on any atom is -0.459 e. The molecular formula is C41H40ClF5N10O5. The molecule has 2 aromatic heterocycles. The first kappa shape index (κ1) is 43.6. The molecule has 15 nitrogen and oxygen atoms in total. The van der Waals surface area contributed by atoms with Gasteiger partial charge in [0.2, 0.25) is 5.96 Å². The fourth-order valence-corrected chi connectivity index (χ4v) is 7.39. The van der Waals surface area contributed by atoms with Gasteiger partial charge in [0.15, 0.2) is 5.82 Å². The third kappa shape index (κ3) is 9.24. The van der Waals surface area contributed by atoms with Crippen molar-refractivity contribution in [3.05, 3.63) is 119 Å². The van der Waals surface area contributed by atoms with Gasteiger partial charge in [0.05, 0.1) is 16.8 Å². The highest BCUT2D eigenvalue weighted by atomic mass is 35.5. The number of guanidine groups is 1. The number of ether oxygens (including phenoxy) is 2. The zero-order valence-electron chi connectivity index (χ0n) is 33.4. The first-order chi connectivity index (χ1) is 29.4. The largest absolute Gasteiger partial charge is 0.459 e. The van der Waals surface area contributed by atoms with Crippen LogP contribution in [0.25, 0.3) is 11.4 Å². The predicted octanol–water partition coefficient (Wildman–Crippen LogP) is 7.16. The van der Waals surface area contributed by atoms with Gasteiger partial charge < -0.3 is 20.1 Å². The quantitative estimate of drug-likeness (QED) is 0.0862. The van der Waals surface area contributed by atoms with E-state index in [1.54, 1.807) is 59.2 Å². The number of alkyl halides is 5. The summed E-state index contributed by atoms with van der Waals surface area (Å²) in [5.74, 6) is -2.37. The van der Waals surface area contributed by atoms with Crippen molar-refractivity contribution in [2.75, 3.05) is 13.2 Å². The smallest absolute Gasteiger partial charge is 0.411 e. The molecule has 326 valence electrons. The Morgan fingerprint density at radius 1 is 0.984 bits per heavy atom. The van der Waals surface area contributed by atoms with E-state index in [2.05, 4.69) is 30.6 Å². The molecule has 0 bridgehead atoms. The standard InChI is InChI=1S/C41H40ClF5N10O5/c1-38(2,3)21-40(27-10-12-28(13-11-27)55-23-50-51-24-55)35(59)56(36(53-40)48-18-32(58)61-19-25-7-5-4-6-8-25)31(20-62-37(60)54-39(15-16-39)41(45,46)47)26-9-14-29(42)30(17-26)57-34(33(43)44)49-22-52-57/h4-14,17,22-24,31,33H,15-16,18-21H2,1-3H3,(H,48,53)(H,54,60)/t31-,40-/m1/s1. The van der Waals surface area contributed by atoms with Gasteiger partial charge in [-0.2, -0.15) is 18.3 Å². The Morgan fingerprint density at radius 3 is 2.31 bits per heavy atom. The lowest BCUT2D eigenvalue weighted by Gasteiger charge is -2.35. The van der Waals surface area contributed by atoms with E-state index in [0.717, 1.165) is 15.9 Å². The number of esters is 1. The lowest BCUT2D eigenvalue weighted by atomic mass is 9.75. The van der Waals surface area contributed by atoms with Crippen LogP contribution in [0, 0.1) is 5.41 Å². The van der Waals surface area contributed by atoms with Crippen molar-refractivity contribution in [3.63, 3.8) is 0 Å². The molecule has 7 rings (SSSR count). The zero-order valence-corrected chi connectivity index (χ0v) is 34.2. The molecule has 1 aliphatic carbocycles. The number of carbonyl (C=O) groups is 3. The molecule has 21 heteroatoms. The SMILES string of the molecule is CC(C)(C)C[C@]1(c2ccc(-n3cnnc3)cc2)N/C(=N\CC(=O)OCc2ccccc2)N([C@H](COC(=O)NC2(C(F)(F)F)CC2)c2ccc(Cl)c(-n3ncnc3C(F)F)c2)C1=O. The summed E-state index contributed by atoms with van der Waals surface area (Å²) in [6.45, 7) is 4.23. The van der Waals surface area contributed by atoms with Gasteiger partial charge in [-0.1, -0.05) is 80.9 Å². The average Bonchev–Trinajstić information content (AvgIpc) is 3.53. The number of hydrogen-bond donors (Lipinski definition) is 2. The fourth-order valence-electron chi connectivity index (χ4n) is 7.19. The number of alkyl carbamates (subject to hydrolysis) is 1. The Morgan fingerprint density at radius 2 is 1.68 bits per heavy atom. The van der Waals surface area contributed by atoms with Crippen molar-refractivity contribution in [2.24, 2.45) is 10.4 Å². The number of aliphatic imine (C=N–C) groups is 1. The number of halogens is 6. The van der Waals surface area contributed by atoms with E-state index in [4.69, 9.17) is 21.1 Å². The molecule has 2 N–H and O–H groups in total. The Hall–Kier alpha value is -6.44. The van der Waals surface area contributed by atoms with Crippen LogP contribution in [0.5, 0.6) is 0 Å². The summed E-state index contributed by atoms with van der Waals surface area (Å²) in [7, 11) is 0. The van der Waals surface area contributed by atoms with Crippen LogP contribution < -0.4 is 10.6 Å². The lowest BCUT2D eigenvalue weighted by molar-refractivity contribution is -0.164. The second kappa shape index (κ2) is 17.1. The minimum atomic E-state index is -4.77. The number of hydrogen-bond acceptors (Lipinski definition) is 10. The van der Waals surface area contributed by atoms with Crippen LogP contribution in [0.1, 0.15) is 75.0 Å². The Balaban J connectivity index is 1.34. The third-order valence-electron chi connectivity index (χ3n) is 10.3. The molecular weight excluding hydrogens is 843 g/mol. The van der Waals surface area contributed by atoms with Crippen molar-refractivity contribution in [1.29, 1.82) is 0 Å². The number of nitrogens with zero attached hydrogens (tertiary/aromatic N) is 8. The van der Waals surface area contributed by atoms with E-state index in [1.807, 2.05) is 26.1 Å². The second-order valence-electron chi connectivity index (χ2n) is 16.0. The highest BCUT2D eigenvalue weighted by Crippen LogP contribution is 2.49. The second-order valence-corrected chi connectivity index (χ2v) is 16.4. The topological polar surface area (TPSA) is 171 Å². The maximum Gasteiger partial charge on any atom is 0.411 e. The molecule has 0 unspecified atom stereocenters. The van der Waals surface area contributed by atoms with E-state index >= 15 is 4.79 Å². The average molecular weight is 883 g/mol. The molecule has 1 aliphatic heterocycles. The van der Waals surface area contributed by atoms with Crippen LogP contribution in [0.15, 0.2) is 96.8 Å². The Labute approximate surface area is 356 Å². The van der Waals surface area contributed by atoms with Crippen molar-refractivity contribution in [2.45, 2.75) is 76.4 Å². The van der Waals surface area contributed by atoms with Crippen LogP contribution in [-0.4, -0.2) is 83.2 Å². The molecule has 2 amide bonds. The first-order valence-electron chi connectivity index (χ1n) is 19.2. The van der Waals surface area contributed by atoms with Crippen LogP contribution >= 0.6 is 11.6 Å². The molecule has 3 aromatic carbocycles. The van der Waals surface area contributed by atoms with Gasteiger partial charge in [-0.15, -0.1) is 10.2 Å². The summed E-state index contributed by atoms with van der Waals surface area (Å²) in [4.78, 5) is 51.2. The number of benzene rings is 3. The van der Waals surface area contributed by atoms with Crippen molar-refractivity contribution >= 4 is 35.5 Å². The molecule has 2 fully saturated rings. The van der Waals surface area contributed by atoms with Crippen LogP contribution in [-0.2, 0) is 31.2 Å². The lowest BCUT2D eigenvalue weighted by Crippen LogP contribution is -2.49. The number of aromatic nitrogens is 6. The fraction of sp³-hybridized carbons (Fsp3) is 0.366.